The Hall–Kier alpha value is -1.38. The van der Waals surface area contributed by atoms with Gasteiger partial charge in [-0.05, 0) is 70.5 Å². The quantitative estimate of drug-likeness (QED) is 0.163. The van der Waals surface area contributed by atoms with Gasteiger partial charge in [0.25, 0.3) is 0 Å². The molecule has 0 unspecified atom stereocenters. The highest BCUT2D eigenvalue weighted by Gasteiger charge is 2.14. The fourth-order valence-corrected chi connectivity index (χ4v) is 7.20. The van der Waals surface area contributed by atoms with E-state index in [2.05, 4.69) is 48.9 Å². The summed E-state index contributed by atoms with van der Waals surface area (Å²) in [7, 11) is 0. The zero-order valence-electron chi connectivity index (χ0n) is 20.2. The van der Waals surface area contributed by atoms with Crippen molar-refractivity contribution in [3.8, 4) is 0 Å². The summed E-state index contributed by atoms with van der Waals surface area (Å²) in [5.41, 5.74) is 3.26. The van der Waals surface area contributed by atoms with Crippen molar-refractivity contribution in [3.05, 3.63) is 46.2 Å². The van der Waals surface area contributed by atoms with Crippen LogP contribution in [0.3, 0.4) is 0 Å². The summed E-state index contributed by atoms with van der Waals surface area (Å²) >= 11 is 3.82. The highest BCUT2D eigenvalue weighted by atomic mass is 32.1. The number of fused-ring (bicyclic) bond motifs is 6. The van der Waals surface area contributed by atoms with Crippen molar-refractivity contribution in [2.24, 2.45) is 0 Å². The van der Waals surface area contributed by atoms with Crippen LogP contribution in [-0.2, 0) is 12.8 Å². The first-order chi connectivity index (χ1) is 15.8. The van der Waals surface area contributed by atoms with E-state index in [0.717, 1.165) is 0 Å². The molecule has 0 aliphatic heterocycles. The van der Waals surface area contributed by atoms with Crippen LogP contribution in [0.25, 0.3) is 30.9 Å². The summed E-state index contributed by atoms with van der Waals surface area (Å²) < 4.78 is 2.97. The third kappa shape index (κ3) is 5.57. The second-order valence-electron chi connectivity index (χ2n) is 9.53. The van der Waals surface area contributed by atoms with Gasteiger partial charge in [0.1, 0.15) is 0 Å². The van der Waals surface area contributed by atoms with E-state index in [4.69, 9.17) is 0 Å². The van der Waals surface area contributed by atoms with Gasteiger partial charge in [-0.25, -0.2) is 0 Å². The number of benzene rings is 2. The second kappa shape index (κ2) is 12.2. The normalized spacial score (nSPS) is 11.9. The van der Waals surface area contributed by atoms with Gasteiger partial charge in [0, 0.05) is 10.8 Å². The van der Waals surface area contributed by atoms with Gasteiger partial charge < -0.3 is 0 Å². The van der Waals surface area contributed by atoms with E-state index in [-0.39, 0.29) is 0 Å². The summed E-state index contributed by atoms with van der Waals surface area (Å²) in [4.78, 5) is 0. The van der Waals surface area contributed by atoms with Gasteiger partial charge in [-0.3, -0.25) is 0 Å². The van der Waals surface area contributed by atoms with E-state index >= 15 is 0 Å². The summed E-state index contributed by atoms with van der Waals surface area (Å²) in [6.45, 7) is 4.61. The van der Waals surface area contributed by atoms with Crippen LogP contribution in [0.1, 0.15) is 102 Å². The van der Waals surface area contributed by atoms with E-state index in [0.29, 0.717) is 0 Å². The molecule has 0 fully saturated rings. The van der Waals surface area contributed by atoms with Crippen LogP contribution in [0, 0.1) is 0 Å². The van der Waals surface area contributed by atoms with Crippen LogP contribution in [0.5, 0.6) is 0 Å². The Kier molecular flexibility index (Phi) is 9.05. The van der Waals surface area contributed by atoms with E-state index in [1.807, 2.05) is 22.7 Å². The minimum atomic E-state index is 1.25. The molecule has 2 aromatic heterocycles. The molecule has 0 amide bonds. The average Bonchev–Trinajstić information content (AvgIpc) is 3.48. The monoisotopic (exact) mass is 464 g/mol. The van der Waals surface area contributed by atoms with Gasteiger partial charge in [0.2, 0.25) is 0 Å². The van der Waals surface area contributed by atoms with E-state index in [1.54, 1.807) is 11.1 Å². The van der Waals surface area contributed by atoms with Gasteiger partial charge in [-0.15, -0.1) is 22.7 Å². The summed E-state index contributed by atoms with van der Waals surface area (Å²) in [5, 5.41) is 10.5. The lowest BCUT2D eigenvalue weighted by atomic mass is 9.91. The van der Waals surface area contributed by atoms with Crippen molar-refractivity contribution < 1.29 is 0 Å². The van der Waals surface area contributed by atoms with Gasteiger partial charge in [0.05, 0.1) is 9.40 Å². The SMILES string of the molecule is CCCCCCCCc1cc2c(cc1CCCCCCCC)c1ccsc1c1sccc21. The first-order valence-electron chi connectivity index (χ1n) is 13.1. The standard InChI is InChI=1S/C30H40S2/c1-3-5-7-9-11-13-15-23-21-27-25-17-19-31-29(25)30-26(18-20-32-30)28(27)22-24(23)16-14-12-10-8-6-4-2/h17-22H,3-16H2,1-2H3. The second-order valence-corrected chi connectivity index (χ2v) is 11.4. The van der Waals surface area contributed by atoms with Crippen molar-refractivity contribution in [2.45, 2.75) is 104 Å². The van der Waals surface area contributed by atoms with Crippen LogP contribution < -0.4 is 0 Å². The van der Waals surface area contributed by atoms with Crippen LogP contribution in [0.4, 0.5) is 0 Å². The maximum absolute atomic E-state index is 2.58. The smallest absolute Gasteiger partial charge is 0.0527 e. The molecule has 0 N–H and O–H groups in total. The summed E-state index contributed by atoms with van der Waals surface area (Å²) in [6.07, 6.45) is 19.0. The van der Waals surface area contributed by atoms with Crippen molar-refractivity contribution in [3.63, 3.8) is 0 Å². The Morgan fingerprint density at radius 3 is 1.34 bits per heavy atom. The lowest BCUT2D eigenvalue weighted by Gasteiger charge is -2.14. The molecule has 0 nitrogen and oxygen atoms in total. The highest BCUT2D eigenvalue weighted by molar-refractivity contribution is 7.25. The lowest BCUT2D eigenvalue weighted by molar-refractivity contribution is 0.599. The van der Waals surface area contributed by atoms with Crippen molar-refractivity contribution in [1.29, 1.82) is 0 Å². The number of unbranched alkanes of at least 4 members (excludes halogenated alkanes) is 10. The van der Waals surface area contributed by atoms with Crippen LogP contribution >= 0.6 is 22.7 Å². The fraction of sp³-hybridized carbons (Fsp3) is 0.533. The van der Waals surface area contributed by atoms with E-state index in [9.17, 15) is 0 Å². The minimum Gasteiger partial charge on any atom is -0.142 e. The number of aryl methyl sites for hydroxylation is 2. The molecule has 4 rings (SSSR count). The molecule has 2 heteroatoms. The molecule has 0 saturated carbocycles. The van der Waals surface area contributed by atoms with Crippen molar-refractivity contribution in [2.75, 3.05) is 0 Å². The molecule has 172 valence electrons. The third-order valence-electron chi connectivity index (χ3n) is 7.06. The number of hydrogen-bond donors (Lipinski definition) is 0. The minimum absolute atomic E-state index is 1.25. The van der Waals surface area contributed by atoms with Gasteiger partial charge >= 0.3 is 0 Å². The van der Waals surface area contributed by atoms with Gasteiger partial charge in [-0.1, -0.05) is 90.2 Å². The largest absolute Gasteiger partial charge is 0.142 e. The van der Waals surface area contributed by atoms with E-state index < -0.39 is 0 Å². The molecule has 0 spiro atoms. The summed E-state index contributed by atoms with van der Waals surface area (Å²) in [6, 6.07) is 9.87. The third-order valence-corrected chi connectivity index (χ3v) is 9.05. The zero-order valence-corrected chi connectivity index (χ0v) is 21.8. The van der Waals surface area contributed by atoms with Crippen LogP contribution in [-0.4, -0.2) is 0 Å². The fourth-order valence-electron chi connectivity index (χ4n) is 5.19. The van der Waals surface area contributed by atoms with Gasteiger partial charge in [0.15, 0.2) is 0 Å². The molecule has 4 aromatic rings. The highest BCUT2D eigenvalue weighted by Crippen LogP contribution is 2.41. The maximum Gasteiger partial charge on any atom is 0.0527 e. The molecular weight excluding hydrogens is 424 g/mol. The molecule has 0 bridgehead atoms. The Morgan fingerprint density at radius 2 is 0.906 bits per heavy atom. The molecule has 2 aromatic carbocycles. The Labute approximate surface area is 203 Å². The predicted octanol–water partition coefficient (Wildman–Crippen LogP) is 11.1. The summed E-state index contributed by atoms with van der Waals surface area (Å²) in [5.74, 6) is 0. The van der Waals surface area contributed by atoms with Crippen LogP contribution in [0.2, 0.25) is 0 Å². The Balaban J connectivity index is 1.59. The number of rotatable bonds is 14. The molecule has 2 heterocycles. The molecule has 0 atom stereocenters. The maximum atomic E-state index is 2.58. The lowest BCUT2D eigenvalue weighted by Crippen LogP contribution is -1.97. The van der Waals surface area contributed by atoms with Crippen molar-refractivity contribution in [1.82, 2.24) is 0 Å². The van der Waals surface area contributed by atoms with Crippen molar-refractivity contribution >= 4 is 53.6 Å². The number of hydrogen-bond acceptors (Lipinski definition) is 2. The van der Waals surface area contributed by atoms with E-state index in [1.165, 1.54) is 121 Å². The molecule has 32 heavy (non-hydrogen) atoms. The zero-order chi connectivity index (χ0) is 22.2. The first kappa shape index (κ1) is 23.8. The molecule has 0 aliphatic rings. The Morgan fingerprint density at radius 1 is 0.500 bits per heavy atom. The molecule has 0 radical (unpaired) electrons. The predicted molar refractivity (Wildman–Crippen MR) is 149 cm³/mol. The molecular formula is C30H40S2. The molecule has 0 aliphatic carbocycles. The average molecular weight is 465 g/mol. The Bertz CT molecular complexity index is 1030. The topological polar surface area (TPSA) is 0 Å². The number of thiophene rings is 2. The van der Waals surface area contributed by atoms with Crippen LogP contribution in [0.15, 0.2) is 35.0 Å². The molecule has 0 saturated heterocycles. The first-order valence-corrected chi connectivity index (χ1v) is 14.9. The van der Waals surface area contributed by atoms with Gasteiger partial charge in [-0.2, -0.15) is 0 Å².